The van der Waals surface area contributed by atoms with Gasteiger partial charge in [-0.3, -0.25) is 0 Å². The number of para-hydroxylation sites is 2. The highest BCUT2D eigenvalue weighted by Crippen LogP contribution is 2.43. The number of hydrogen-bond acceptors (Lipinski definition) is 1. The molecule has 0 radical (unpaired) electrons. The predicted octanol–water partition coefficient (Wildman–Crippen LogP) is 15.0. The van der Waals surface area contributed by atoms with Crippen LogP contribution >= 0.6 is 0 Å². The van der Waals surface area contributed by atoms with Crippen LogP contribution in [0.25, 0.3) is 82.1 Å². The lowest BCUT2D eigenvalue weighted by Crippen LogP contribution is -2.11. The van der Waals surface area contributed by atoms with Crippen LogP contribution in [0, 0.1) is 0 Å². The summed E-state index contributed by atoms with van der Waals surface area (Å²) >= 11 is 0. The van der Waals surface area contributed by atoms with Crippen molar-refractivity contribution in [1.82, 2.24) is 4.57 Å². The molecule has 0 aliphatic heterocycles. The molecule has 0 bridgehead atoms. The van der Waals surface area contributed by atoms with Crippen molar-refractivity contribution in [2.45, 2.75) is 0 Å². The maximum atomic E-state index is 2.44. The summed E-state index contributed by atoms with van der Waals surface area (Å²) in [4.78, 5) is 2.41. The number of nitrogens with zero attached hydrogens (tertiary/aromatic N) is 2. The molecular weight excluding hydrogens is 677 g/mol. The second-order valence-corrected chi connectivity index (χ2v) is 14.5. The van der Waals surface area contributed by atoms with Gasteiger partial charge in [0.1, 0.15) is 0 Å². The van der Waals surface area contributed by atoms with Crippen LogP contribution in [0.4, 0.5) is 17.1 Å². The molecule has 1 aromatic heterocycles. The van der Waals surface area contributed by atoms with Crippen LogP contribution < -0.4 is 4.90 Å². The van der Waals surface area contributed by atoms with E-state index in [4.69, 9.17) is 0 Å². The minimum absolute atomic E-state index is 1.10. The summed E-state index contributed by atoms with van der Waals surface area (Å²) in [5, 5.41) is 10.0. The SMILES string of the molecule is c1ccc(-c2ccccc2N(c2ccc(-c3ccc4c5ccc6ccccc6c5n(-c5ccccc5)c4c3)cc2)c2ccc3c(ccc4ccccc43)c2)cc1. The third-order valence-corrected chi connectivity index (χ3v) is 11.3. The number of rotatable bonds is 6. The second kappa shape index (κ2) is 13.2. The van der Waals surface area contributed by atoms with Crippen molar-refractivity contribution in [3.05, 3.63) is 218 Å². The quantitative estimate of drug-likeness (QED) is 0.156. The Morgan fingerprint density at radius 3 is 1.71 bits per heavy atom. The molecule has 0 unspecified atom stereocenters. The number of aromatic nitrogens is 1. The largest absolute Gasteiger partial charge is 0.310 e. The molecule has 262 valence electrons. The summed E-state index contributed by atoms with van der Waals surface area (Å²) in [5.41, 5.74) is 11.7. The zero-order valence-corrected chi connectivity index (χ0v) is 30.7. The third kappa shape index (κ3) is 5.26. The lowest BCUT2D eigenvalue weighted by Gasteiger charge is -2.28. The molecule has 0 saturated carbocycles. The highest BCUT2D eigenvalue weighted by molar-refractivity contribution is 6.19. The number of anilines is 3. The molecule has 0 fully saturated rings. The molecule has 56 heavy (non-hydrogen) atoms. The average Bonchev–Trinajstić information content (AvgIpc) is 3.61. The minimum Gasteiger partial charge on any atom is -0.310 e. The Bertz CT molecular complexity index is 3230. The molecule has 11 aromatic rings. The van der Waals surface area contributed by atoms with Gasteiger partial charge in [-0.15, -0.1) is 0 Å². The first-order chi connectivity index (χ1) is 27.8. The number of fused-ring (bicyclic) bond motifs is 8. The molecule has 0 spiro atoms. The highest BCUT2D eigenvalue weighted by atomic mass is 15.1. The van der Waals surface area contributed by atoms with E-state index < -0.39 is 0 Å². The molecule has 0 aliphatic carbocycles. The van der Waals surface area contributed by atoms with E-state index >= 15 is 0 Å². The summed E-state index contributed by atoms with van der Waals surface area (Å²) in [5.74, 6) is 0. The summed E-state index contributed by atoms with van der Waals surface area (Å²) < 4.78 is 2.44. The first-order valence-corrected chi connectivity index (χ1v) is 19.3. The van der Waals surface area contributed by atoms with E-state index in [0.29, 0.717) is 0 Å². The van der Waals surface area contributed by atoms with Crippen molar-refractivity contribution in [1.29, 1.82) is 0 Å². The van der Waals surface area contributed by atoms with Crippen molar-refractivity contribution >= 4 is 71.2 Å². The monoisotopic (exact) mass is 712 g/mol. The van der Waals surface area contributed by atoms with Gasteiger partial charge < -0.3 is 9.47 Å². The normalized spacial score (nSPS) is 11.6. The fourth-order valence-electron chi connectivity index (χ4n) is 8.70. The zero-order valence-electron chi connectivity index (χ0n) is 30.7. The average molecular weight is 713 g/mol. The Labute approximate surface area is 325 Å². The van der Waals surface area contributed by atoms with Crippen molar-refractivity contribution in [3.8, 4) is 27.9 Å². The van der Waals surface area contributed by atoms with E-state index in [1.807, 2.05) is 0 Å². The fourth-order valence-corrected chi connectivity index (χ4v) is 8.70. The van der Waals surface area contributed by atoms with Crippen molar-refractivity contribution in [3.63, 3.8) is 0 Å². The Balaban J connectivity index is 1.07. The van der Waals surface area contributed by atoms with Crippen LogP contribution in [0.3, 0.4) is 0 Å². The summed E-state index contributed by atoms with van der Waals surface area (Å²) in [6, 6.07) is 79.5. The molecule has 11 rings (SSSR count). The lowest BCUT2D eigenvalue weighted by molar-refractivity contribution is 1.19. The van der Waals surface area contributed by atoms with Crippen molar-refractivity contribution in [2.75, 3.05) is 4.90 Å². The number of hydrogen-bond donors (Lipinski definition) is 0. The Morgan fingerprint density at radius 2 is 0.893 bits per heavy atom. The van der Waals surface area contributed by atoms with Gasteiger partial charge in [-0.1, -0.05) is 170 Å². The maximum Gasteiger partial charge on any atom is 0.0619 e. The molecule has 2 nitrogen and oxygen atoms in total. The van der Waals surface area contributed by atoms with E-state index in [2.05, 4.69) is 228 Å². The Morgan fingerprint density at radius 1 is 0.321 bits per heavy atom. The van der Waals surface area contributed by atoms with Crippen LogP contribution in [-0.2, 0) is 0 Å². The molecule has 0 amide bonds. The molecule has 0 atom stereocenters. The second-order valence-electron chi connectivity index (χ2n) is 14.5. The predicted molar refractivity (Wildman–Crippen MR) is 239 cm³/mol. The molecule has 10 aromatic carbocycles. The van der Waals surface area contributed by atoms with Crippen LogP contribution in [0.1, 0.15) is 0 Å². The highest BCUT2D eigenvalue weighted by Gasteiger charge is 2.19. The van der Waals surface area contributed by atoms with Gasteiger partial charge in [-0.05, 0) is 92.2 Å². The molecular formula is C54H36N2. The van der Waals surface area contributed by atoms with Crippen LogP contribution in [0.2, 0.25) is 0 Å². The third-order valence-electron chi connectivity index (χ3n) is 11.3. The molecule has 0 N–H and O–H groups in total. The van der Waals surface area contributed by atoms with Gasteiger partial charge in [0.05, 0.1) is 16.7 Å². The summed E-state index contributed by atoms with van der Waals surface area (Å²) in [7, 11) is 0. The van der Waals surface area contributed by atoms with Gasteiger partial charge in [0.2, 0.25) is 0 Å². The fraction of sp³-hybridized carbons (Fsp3) is 0. The number of benzene rings is 10. The molecule has 1 heterocycles. The summed E-state index contributed by atoms with van der Waals surface area (Å²) in [6.07, 6.45) is 0. The lowest BCUT2D eigenvalue weighted by atomic mass is 9.99. The smallest absolute Gasteiger partial charge is 0.0619 e. The van der Waals surface area contributed by atoms with Crippen molar-refractivity contribution < 1.29 is 0 Å². The topological polar surface area (TPSA) is 8.17 Å². The molecule has 0 aliphatic rings. The first-order valence-electron chi connectivity index (χ1n) is 19.3. The minimum atomic E-state index is 1.10. The summed E-state index contributed by atoms with van der Waals surface area (Å²) in [6.45, 7) is 0. The van der Waals surface area contributed by atoms with Gasteiger partial charge in [0.15, 0.2) is 0 Å². The van der Waals surface area contributed by atoms with Crippen LogP contribution in [0.15, 0.2) is 218 Å². The standard InChI is InChI=1S/C54H36N2/c1-3-13-38(14-4-1)48-20-11-12-22-52(48)55(45-31-34-47-42(35-45)24-23-39-15-7-9-19-46(39)47)44-29-25-37(26-30-44)41-28-32-50-51-33-27-40-16-8-10-21-49(40)54(51)56(53(50)36-41)43-17-5-2-6-18-43/h1-36H. The zero-order chi connectivity index (χ0) is 37.0. The Hall–Kier alpha value is -7.42. The molecule has 2 heteroatoms. The van der Waals surface area contributed by atoms with Gasteiger partial charge in [-0.25, -0.2) is 0 Å². The van der Waals surface area contributed by atoms with Gasteiger partial charge in [-0.2, -0.15) is 0 Å². The van der Waals surface area contributed by atoms with E-state index in [1.165, 1.54) is 76.4 Å². The maximum absolute atomic E-state index is 2.44. The van der Waals surface area contributed by atoms with E-state index in [9.17, 15) is 0 Å². The molecule has 0 saturated heterocycles. The van der Waals surface area contributed by atoms with Crippen LogP contribution in [-0.4, -0.2) is 4.57 Å². The Kier molecular flexibility index (Phi) is 7.53. The van der Waals surface area contributed by atoms with E-state index in [-0.39, 0.29) is 0 Å². The van der Waals surface area contributed by atoms with Crippen LogP contribution in [0.5, 0.6) is 0 Å². The van der Waals surface area contributed by atoms with E-state index in [0.717, 1.165) is 22.7 Å². The van der Waals surface area contributed by atoms with Gasteiger partial charge in [0.25, 0.3) is 0 Å². The van der Waals surface area contributed by atoms with Gasteiger partial charge in [0, 0.05) is 38.8 Å². The van der Waals surface area contributed by atoms with Gasteiger partial charge >= 0.3 is 0 Å². The van der Waals surface area contributed by atoms with Crippen molar-refractivity contribution in [2.24, 2.45) is 0 Å². The van der Waals surface area contributed by atoms with E-state index in [1.54, 1.807) is 0 Å². The first kappa shape index (κ1) is 32.0.